The van der Waals surface area contributed by atoms with Crippen LogP contribution in [-0.4, -0.2) is 19.0 Å². The van der Waals surface area contributed by atoms with Gasteiger partial charge in [0.25, 0.3) is 0 Å². The smallest absolute Gasteiger partial charge is 0.231 e. The third-order valence-corrected chi connectivity index (χ3v) is 4.76. The van der Waals surface area contributed by atoms with Gasteiger partial charge in [-0.15, -0.1) is 0 Å². The van der Waals surface area contributed by atoms with E-state index in [4.69, 9.17) is 0 Å². The van der Waals surface area contributed by atoms with Crippen molar-refractivity contribution >= 4 is 43.5 Å². The predicted molar refractivity (Wildman–Crippen MR) is 80.7 cm³/mol. The Hall–Kier alpha value is -0.390. The first kappa shape index (κ1) is 14.0. The molecule has 1 fully saturated rings. The lowest BCUT2D eigenvalue weighted by Gasteiger charge is -2.25. The second kappa shape index (κ2) is 5.72. The number of rotatable bonds is 3. The van der Waals surface area contributed by atoms with Crippen LogP contribution in [0.15, 0.2) is 27.1 Å². The number of amides is 1. The second-order valence-corrected chi connectivity index (χ2v) is 6.41. The Morgan fingerprint density at radius 3 is 2.89 bits per heavy atom. The van der Waals surface area contributed by atoms with E-state index in [1.54, 1.807) is 0 Å². The van der Waals surface area contributed by atoms with Crippen molar-refractivity contribution in [2.45, 2.75) is 19.8 Å². The third-order valence-electron chi connectivity index (χ3n) is 3.58. The Balaban J connectivity index is 2.18. The summed E-state index contributed by atoms with van der Waals surface area (Å²) in [5, 5.41) is 6.30. The Kier molecular flexibility index (Phi) is 4.45. The zero-order valence-corrected chi connectivity index (χ0v) is 13.4. The minimum absolute atomic E-state index is 0.105. The molecule has 1 aliphatic rings. The lowest BCUT2D eigenvalue weighted by molar-refractivity contribution is -0.124. The van der Waals surface area contributed by atoms with E-state index in [1.165, 1.54) is 0 Å². The number of carbonyl (C=O) groups is 1. The third kappa shape index (κ3) is 2.78. The van der Waals surface area contributed by atoms with E-state index < -0.39 is 0 Å². The largest absolute Gasteiger partial charge is 0.325 e. The van der Waals surface area contributed by atoms with Crippen LogP contribution in [0, 0.1) is 5.41 Å². The molecule has 1 atom stereocenters. The number of carbonyl (C=O) groups excluding carboxylic acids is 1. The van der Waals surface area contributed by atoms with Crippen LogP contribution in [0.25, 0.3) is 0 Å². The molecule has 5 heteroatoms. The SMILES string of the molecule is CCC1(C(=O)Nc2cc(Br)ccc2Br)CCNC1. The van der Waals surface area contributed by atoms with Crippen molar-refractivity contribution in [2.24, 2.45) is 5.41 Å². The van der Waals surface area contributed by atoms with Gasteiger partial charge in [0.2, 0.25) is 5.91 Å². The molecule has 0 spiro atoms. The van der Waals surface area contributed by atoms with Crippen LogP contribution < -0.4 is 10.6 Å². The summed E-state index contributed by atoms with van der Waals surface area (Å²) in [5.74, 6) is 0.105. The average Bonchev–Trinajstić information content (AvgIpc) is 2.84. The lowest BCUT2D eigenvalue weighted by Crippen LogP contribution is -2.37. The van der Waals surface area contributed by atoms with Crippen LogP contribution in [0.3, 0.4) is 0 Å². The van der Waals surface area contributed by atoms with E-state index in [1.807, 2.05) is 18.2 Å². The van der Waals surface area contributed by atoms with E-state index in [-0.39, 0.29) is 11.3 Å². The average molecular weight is 376 g/mol. The van der Waals surface area contributed by atoms with Crippen LogP contribution in [0.5, 0.6) is 0 Å². The number of benzene rings is 1. The summed E-state index contributed by atoms with van der Waals surface area (Å²) >= 11 is 6.87. The highest BCUT2D eigenvalue weighted by molar-refractivity contribution is 9.11. The molecule has 0 aliphatic carbocycles. The zero-order valence-electron chi connectivity index (χ0n) is 10.2. The molecule has 0 bridgehead atoms. The molecule has 1 saturated heterocycles. The second-order valence-electron chi connectivity index (χ2n) is 4.64. The summed E-state index contributed by atoms with van der Waals surface area (Å²) in [4.78, 5) is 12.4. The maximum absolute atomic E-state index is 12.4. The monoisotopic (exact) mass is 374 g/mol. The van der Waals surface area contributed by atoms with Gasteiger partial charge in [-0.1, -0.05) is 22.9 Å². The molecule has 1 unspecified atom stereocenters. The van der Waals surface area contributed by atoms with Gasteiger partial charge in [0.05, 0.1) is 11.1 Å². The number of nitrogens with one attached hydrogen (secondary N) is 2. The van der Waals surface area contributed by atoms with Gasteiger partial charge in [-0.2, -0.15) is 0 Å². The number of hydrogen-bond acceptors (Lipinski definition) is 2. The molecular formula is C13H16Br2N2O. The summed E-state index contributed by atoms with van der Waals surface area (Å²) in [6, 6.07) is 5.77. The molecule has 0 aromatic heterocycles. The Labute approximate surface area is 124 Å². The number of halogens is 2. The zero-order chi connectivity index (χ0) is 13.2. The van der Waals surface area contributed by atoms with Crippen molar-refractivity contribution in [3.8, 4) is 0 Å². The Morgan fingerprint density at radius 1 is 1.50 bits per heavy atom. The first-order valence-corrected chi connectivity index (χ1v) is 7.63. The highest BCUT2D eigenvalue weighted by Gasteiger charge is 2.39. The summed E-state index contributed by atoms with van der Waals surface area (Å²) in [5.41, 5.74) is 0.552. The van der Waals surface area contributed by atoms with Gasteiger partial charge < -0.3 is 10.6 Å². The molecule has 1 aromatic carbocycles. The fraction of sp³-hybridized carbons (Fsp3) is 0.462. The molecule has 1 aromatic rings. The van der Waals surface area contributed by atoms with Gasteiger partial charge >= 0.3 is 0 Å². The predicted octanol–water partition coefficient (Wildman–Crippen LogP) is 3.54. The number of anilines is 1. The van der Waals surface area contributed by atoms with Gasteiger partial charge in [-0.05, 0) is 53.5 Å². The van der Waals surface area contributed by atoms with E-state index in [2.05, 4.69) is 49.4 Å². The summed E-state index contributed by atoms with van der Waals surface area (Å²) < 4.78 is 1.85. The van der Waals surface area contributed by atoms with Gasteiger partial charge in [-0.3, -0.25) is 4.79 Å². The minimum Gasteiger partial charge on any atom is -0.325 e. The summed E-state index contributed by atoms with van der Waals surface area (Å²) in [7, 11) is 0. The van der Waals surface area contributed by atoms with Crippen LogP contribution in [-0.2, 0) is 4.79 Å². The van der Waals surface area contributed by atoms with Gasteiger partial charge in [-0.25, -0.2) is 0 Å². The highest BCUT2D eigenvalue weighted by atomic mass is 79.9. The van der Waals surface area contributed by atoms with Crippen LogP contribution in [0.4, 0.5) is 5.69 Å². The molecule has 1 aliphatic heterocycles. The van der Waals surface area contributed by atoms with E-state index in [0.29, 0.717) is 0 Å². The molecule has 0 saturated carbocycles. The van der Waals surface area contributed by atoms with Crippen molar-refractivity contribution in [3.05, 3.63) is 27.1 Å². The van der Waals surface area contributed by atoms with Gasteiger partial charge in [0.1, 0.15) is 0 Å². The van der Waals surface area contributed by atoms with Crippen molar-refractivity contribution in [1.29, 1.82) is 0 Å². The summed E-state index contributed by atoms with van der Waals surface area (Å²) in [6.45, 7) is 3.75. The maximum Gasteiger partial charge on any atom is 0.231 e. The first-order chi connectivity index (χ1) is 8.57. The first-order valence-electron chi connectivity index (χ1n) is 6.04. The fourth-order valence-electron chi connectivity index (χ4n) is 2.25. The molecule has 98 valence electrons. The molecule has 2 N–H and O–H groups in total. The highest BCUT2D eigenvalue weighted by Crippen LogP contribution is 2.33. The quantitative estimate of drug-likeness (QED) is 0.848. The van der Waals surface area contributed by atoms with Crippen LogP contribution in [0.1, 0.15) is 19.8 Å². The van der Waals surface area contributed by atoms with Crippen molar-refractivity contribution in [2.75, 3.05) is 18.4 Å². The molecule has 2 rings (SSSR count). The van der Waals surface area contributed by atoms with Crippen LogP contribution in [0.2, 0.25) is 0 Å². The minimum atomic E-state index is -0.262. The van der Waals surface area contributed by atoms with Gasteiger partial charge in [0, 0.05) is 15.5 Å². The normalized spacial score (nSPS) is 23.1. The van der Waals surface area contributed by atoms with E-state index in [0.717, 1.165) is 40.6 Å². The fourth-order valence-corrected chi connectivity index (χ4v) is 2.95. The Morgan fingerprint density at radius 2 is 2.28 bits per heavy atom. The van der Waals surface area contributed by atoms with Crippen LogP contribution >= 0.6 is 31.9 Å². The van der Waals surface area contributed by atoms with E-state index in [9.17, 15) is 4.79 Å². The molecular weight excluding hydrogens is 360 g/mol. The molecule has 1 amide bonds. The molecule has 18 heavy (non-hydrogen) atoms. The maximum atomic E-state index is 12.4. The Bertz CT molecular complexity index is 456. The molecule has 0 radical (unpaired) electrons. The van der Waals surface area contributed by atoms with Crippen molar-refractivity contribution in [1.82, 2.24) is 5.32 Å². The number of hydrogen-bond donors (Lipinski definition) is 2. The summed E-state index contributed by atoms with van der Waals surface area (Å²) in [6.07, 6.45) is 1.76. The van der Waals surface area contributed by atoms with E-state index >= 15 is 0 Å². The molecule has 1 heterocycles. The molecule has 3 nitrogen and oxygen atoms in total. The lowest BCUT2D eigenvalue weighted by atomic mass is 9.83. The topological polar surface area (TPSA) is 41.1 Å². The van der Waals surface area contributed by atoms with Crippen molar-refractivity contribution < 1.29 is 4.79 Å². The van der Waals surface area contributed by atoms with Gasteiger partial charge in [0.15, 0.2) is 0 Å². The van der Waals surface area contributed by atoms with Crippen molar-refractivity contribution in [3.63, 3.8) is 0 Å². The standard InChI is InChI=1S/C13H16Br2N2O/c1-2-13(5-6-16-8-13)12(18)17-11-7-9(14)3-4-10(11)15/h3-4,7,16H,2,5-6,8H2,1H3,(H,17,18).